The fourth-order valence-electron chi connectivity index (χ4n) is 2.20. The molecule has 0 aliphatic carbocycles. The van der Waals surface area contributed by atoms with Crippen LogP contribution in [0, 0.1) is 0 Å². The molecule has 4 nitrogen and oxygen atoms in total. The first-order valence-electron chi connectivity index (χ1n) is 6.64. The predicted octanol–water partition coefficient (Wildman–Crippen LogP) is 3.08. The van der Waals surface area contributed by atoms with Gasteiger partial charge in [-0.1, -0.05) is 23.7 Å². The molecular formula is C16H14ClN3O. The zero-order valence-corrected chi connectivity index (χ0v) is 12.0. The van der Waals surface area contributed by atoms with Crippen LogP contribution in [0.4, 0.5) is 0 Å². The van der Waals surface area contributed by atoms with E-state index >= 15 is 0 Å². The molecule has 2 heterocycles. The summed E-state index contributed by atoms with van der Waals surface area (Å²) in [7, 11) is 0. The fraction of sp³-hybridized carbons (Fsp3) is 0.125. The van der Waals surface area contributed by atoms with E-state index in [4.69, 9.17) is 11.6 Å². The van der Waals surface area contributed by atoms with Crippen LogP contribution in [0.2, 0.25) is 5.02 Å². The Morgan fingerprint density at radius 1 is 1.24 bits per heavy atom. The summed E-state index contributed by atoms with van der Waals surface area (Å²) in [5.74, 6) is -0.0188. The molecule has 1 amide bonds. The van der Waals surface area contributed by atoms with E-state index in [-0.39, 0.29) is 5.91 Å². The SMILES string of the molecule is O=C(Cc1c[nH]c2ncccc12)NCc1ccc(Cl)cc1. The molecular weight excluding hydrogens is 286 g/mol. The quantitative estimate of drug-likeness (QED) is 0.778. The van der Waals surface area contributed by atoms with Crippen LogP contribution in [0.3, 0.4) is 0 Å². The molecule has 5 heteroatoms. The second-order valence-corrected chi connectivity index (χ2v) is 5.23. The van der Waals surface area contributed by atoms with Gasteiger partial charge in [0.05, 0.1) is 6.42 Å². The number of carbonyl (C=O) groups is 1. The highest BCUT2D eigenvalue weighted by molar-refractivity contribution is 6.30. The van der Waals surface area contributed by atoms with E-state index in [0.717, 1.165) is 22.2 Å². The van der Waals surface area contributed by atoms with Crippen molar-refractivity contribution in [2.75, 3.05) is 0 Å². The second-order valence-electron chi connectivity index (χ2n) is 4.79. The van der Waals surface area contributed by atoms with Crippen molar-refractivity contribution in [3.05, 3.63) is 64.9 Å². The van der Waals surface area contributed by atoms with Crippen molar-refractivity contribution in [3.63, 3.8) is 0 Å². The number of H-pyrrole nitrogens is 1. The molecule has 3 aromatic rings. The smallest absolute Gasteiger partial charge is 0.224 e. The summed E-state index contributed by atoms with van der Waals surface area (Å²) in [6, 6.07) is 11.3. The Bertz CT molecular complexity index is 765. The third-order valence-electron chi connectivity index (χ3n) is 3.29. The van der Waals surface area contributed by atoms with Gasteiger partial charge in [0.15, 0.2) is 0 Å². The molecule has 0 aliphatic rings. The minimum Gasteiger partial charge on any atom is -0.352 e. The molecule has 0 spiro atoms. The Hall–Kier alpha value is -2.33. The maximum absolute atomic E-state index is 12.0. The number of fused-ring (bicyclic) bond motifs is 1. The van der Waals surface area contributed by atoms with E-state index < -0.39 is 0 Å². The largest absolute Gasteiger partial charge is 0.352 e. The monoisotopic (exact) mass is 299 g/mol. The summed E-state index contributed by atoms with van der Waals surface area (Å²) in [6.07, 6.45) is 3.89. The van der Waals surface area contributed by atoms with Crippen LogP contribution in [-0.4, -0.2) is 15.9 Å². The minimum atomic E-state index is -0.0188. The Morgan fingerprint density at radius 3 is 2.86 bits per heavy atom. The first kappa shape index (κ1) is 13.6. The molecule has 0 unspecified atom stereocenters. The third-order valence-corrected chi connectivity index (χ3v) is 3.54. The van der Waals surface area contributed by atoms with Gasteiger partial charge < -0.3 is 10.3 Å². The fourth-order valence-corrected chi connectivity index (χ4v) is 2.32. The molecule has 0 radical (unpaired) electrons. The number of nitrogens with one attached hydrogen (secondary N) is 2. The lowest BCUT2D eigenvalue weighted by atomic mass is 10.1. The van der Waals surface area contributed by atoms with E-state index in [2.05, 4.69) is 15.3 Å². The summed E-state index contributed by atoms with van der Waals surface area (Å²) in [5, 5.41) is 4.58. The molecule has 0 saturated carbocycles. The van der Waals surface area contributed by atoms with Gasteiger partial charge in [0, 0.05) is 29.3 Å². The molecule has 0 saturated heterocycles. The minimum absolute atomic E-state index is 0.0188. The van der Waals surface area contributed by atoms with E-state index in [1.807, 2.05) is 42.6 Å². The first-order valence-corrected chi connectivity index (χ1v) is 7.02. The standard InChI is InChI=1S/C16H14ClN3O/c17-13-5-3-11(4-6-13)9-19-15(21)8-12-10-20-16-14(12)2-1-7-18-16/h1-7,10H,8-9H2,(H,18,20)(H,19,21). The van der Waals surface area contributed by atoms with Gasteiger partial charge in [-0.25, -0.2) is 4.98 Å². The lowest BCUT2D eigenvalue weighted by Gasteiger charge is -2.05. The topological polar surface area (TPSA) is 57.8 Å². The van der Waals surface area contributed by atoms with Gasteiger partial charge in [-0.15, -0.1) is 0 Å². The molecule has 0 aliphatic heterocycles. The van der Waals surface area contributed by atoms with Crippen molar-refractivity contribution in [2.45, 2.75) is 13.0 Å². The molecule has 0 atom stereocenters. The Balaban J connectivity index is 1.62. The predicted molar refractivity (Wildman–Crippen MR) is 83.1 cm³/mol. The molecule has 0 fully saturated rings. The van der Waals surface area contributed by atoms with Gasteiger partial charge in [0.2, 0.25) is 5.91 Å². The maximum atomic E-state index is 12.0. The highest BCUT2D eigenvalue weighted by atomic mass is 35.5. The highest BCUT2D eigenvalue weighted by Crippen LogP contribution is 2.16. The van der Waals surface area contributed by atoms with Gasteiger partial charge in [-0.3, -0.25) is 4.79 Å². The van der Waals surface area contributed by atoms with Gasteiger partial charge in [0.25, 0.3) is 0 Å². The van der Waals surface area contributed by atoms with Crippen molar-refractivity contribution in [1.29, 1.82) is 0 Å². The number of aromatic nitrogens is 2. The van der Waals surface area contributed by atoms with Gasteiger partial charge >= 0.3 is 0 Å². The summed E-state index contributed by atoms with van der Waals surface area (Å²) in [5.41, 5.74) is 2.78. The highest BCUT2D eigenvalue weighted by Gasteiger charge is 2.08. The zero-order valence-electron chi connectivity index (χ0n) is 11.3. The van der Waals surface area contributed by atoms with Crippen molar-refractivity contribution in [3.8, 4) is 0 Å². The van der Waals surface area contributed by atoms with Crippen molar-refractivity contribution in [2.24, 2.45) is 0 Å². The molecule has 2 aromatic heterocycles. The molecule has 0 bridgehead atoms. The molecule has 21 heavy (non-hydrogen) atoms. The molecule has 2 N–H and O–H groups in total. The number of nitrogens with zero attached hydrogens (tertiary/aromatic N) is 1. The number of aromatic amines is 1. The summed E-state index contributed by atoms with van der Waals surface area (Å²) >= 11 is 5.83. The summed E-state index contributed by atoms with van der Waals surface area (Å²) < 4.78 is 0. The van der Waals surface area contributed by atoms with E-state index in [0.29, 0.717) is 18.0 Å². The van der Waals surface area contributed by atoms with E-state index in [1.165, 1.54) is 0 Å². The average Bonchev–Trinajstić information content (AvgIpc) is 2.90. The van der Waals surface area contributed by atoms with Crippen LogP contribution in [0.15, 0.2) is 48.8 Å². The average molecular weight is 300 g/mol. The summed E-state index contributed by atoms with van der Waals surface area (Å²) in [6.45, 7) is 0.497. The normalized spacial score (nSPS) is 10.7. The number of amides is 1. The maximum Gasteiger partial charge on any atom is 0.224 e. The number of benzene rings is 1. The number of hydrogen-bond donors (Lipinski definition) is 2. The lowest BCUT2D eigenvalue weighted by molar-refractivity contribution is -0.120. The first-order chi connectivity index (χ1) is 10.2. The van der Waals surface area contributed by atoms with Crippen LogP contribution in [0.5, 0.6) is 0 Å². The van der Waals surface area contributed by atoms with E-state index in [1.54, 1.807) is 6.20 Å². The second kappa shape index (κ2) is 5.97. The number of hydrogen-bond acceptors (Lipinski definition) is 2. The van der Waals surface area contributed by atoms with Crippen LogP contribution in [0.1, 0.15) is 11.1 Å². The van der Waals surface area contributed by atoms with Gasteiger partial charge in [-0.2, -0.15) is 0 Å². The van der Waals surface area contributed by atoms with Crippen molar-refractivity contribution < 1.29 is 4.79 Å². The van der Waals surface area contributed by atoms with Crippen molar-refractivity contribution in [1.82, 2.24) is 15.3 Å². The van der Waals surface area contributed by atoms with Crippen LogP contribution < -0.4 is 5.32 Å². The molecule has 106 valence electrons. The zero-order chi connectivity index (χ0) is 14.7. The van der Waals surface area contributed by atoms with Crippen LogP contribution in [0.25, 0.3) is 11.0 Å². The van der Waals surface area contributed by atoms with Crippen LogP contribution in [-0.2, 0) is 17.8 Å². The Kier molecular flexibility index (Phi) is 3.88. The number of pyridine rings is 1. The summed E-state index contributed by atoms with van der Waals surface area (Å²) in [4.78, 5) is 19.3. The van der Waals surface area contributed by atoms with Crippen molar-refractivity contribution >= 4 is 28.5 Å². The Labute approximate surface area is 127 Å². The number of halogens is 1. The third kappa shape index (κ3) is 3.23. The number of carbonyl (C=O) groups excluding carboxylic acids is 1. The van der Waals surface area contributed by atoms with Crippen LogP contribution >= 0.6 is 11.6 Å². The number of rotatable bonds is 4. The van der Waals surface area contributed by atoms with Gasteiger partial charge in [-0.05, 0) is 35.4 Å². The van der Waals surface area contributed by atoms with E-state index in [9.17, 15) is 4.79 Å². The Morgan fingerprint density at radius 2 is 2.05 bits per heavy atom. The van der Waals surface area contributed by atoms with Gasteiger partial charge in [0.1, 0.15) is 5.65 Å². The lowest BCUT2D eigenvalue weighted by Crippen LogP contribution is -2.24. The molecule has 1 aromatic carbocycles. The molecule has 3 rings (SSSR count).